The molecule has 4 nitrogen and oxygen atoms in total. The highest BCUT2D eigenvalue weighted by Gasteiger charge is 2.39. The molecule has 5 heteroatoms. The minimum Gasteiger partial charge on any atom is -0.379 e. The van der Waals surface area contributed by atoms with Gasteiger partial charge in [-0.2, -0.15) is 5.26 Å². The molecule has 0 aliphatic carbocycles. The zero-order valence-electron chi connectivity index (χ0n) is 7.40. The number of hydrogen-bond acceptors (Lipinski definition) is 4. The van der Waals surface area contributed by atoms with E-state index < -0.39 is 5.41 Å². The summed E-state index contributed by atoms with van der Waals surface area (Å²) in [5, 5.41) is 9.57. The number of nitriles is 1. The van der Waals surface area contributed by atoms with Crippen LogP contribution in [0.2, 0.25) is 5.02 Å². The van der Waals surface area contributed by atoms with Gasteiger partial charge in [-0.15, -0.1) is 0 Å². The summed E-state index contributed by atoms with van der Waals surface area (Å²) in [6.07, 6.45) is 3.65. The zero-order chi connectivity index (χ0) is 10.0. The van der Waals surface area contributed by atoms with Crippen molar-refractivity contribution in [1.82, 2.24) is 9.97 Å². The Hall–Kier alpha value is -1.18. The van der Waals surface area contributed by atoms with Crippen LogP contribution in [0.1, 0.15) is 12.2 Å². The summed E-state index contributed by atoms with van der Waals surface area (Å²) in [5.74, 6) is 0.502. The maximum absolute atomic E-state index is 9.10. The van der Waals surface area contributed by atoms with Gasteiger partial charge in [0.1, 0.15) is 5.41 Å². The molecule has 2 rings (SSSR count). The van der Waals surface area contributed by atoms with Gasteiger partial charge in [-0.25, -0.2) is 9.97 Å². The molecule has 14 heavy (non-hydrogen) atoms. The van der Waals surface area contributed by atoms with Crippen molar-refractivity contribution in [3.8, 4) is 6.07 Å². The fourth-order valence-electron chi connectivity index (χ4n) is 1.44. The summed E-state index contributed by atoms with van der Waals surface area (Å²) in [6, 6.07) is 2.22. The van der Waals surface area contributed by atoms with Crippen molar-refractivity contribution in [2.75, 3.05) is 13.2 Å². The van der Waals surface area contributed by atoms with Crippen LogP contribution in [0.15, 0.2) is 12.4 Å². The van der Waals surface area contributed by atoms with Crippen molar-refractivity contribution in [3.05, 3.63) is 23.2 Å². The van der Waals surface area contributed by atoms with Gasteiger partial charge in [0.05, 0.1) is 17.7 Å². The predicted molar refractivity (Wildman–Crippen MR) is 49.8 cm³/mol. The monoisotopic (exact) mass is 209 g/mol. The fraction of sp³-hybridized carbons (Fsp3) is 0.444. The van der Waals surface area contributed by atoms with Gasteiger partial charge in [0.15, 0.2) is 5.82 Å². The van der Waals surface area contributed by atoms with Gasteiger partial charge < -0.3 is 4.74 Å². The van der Waals surface area contributed by atoms with E-state index in [1.54, 1.807) is 0 Å². The Morgan fingerprint density at radius 2 is 2.21 bits per heavy atom. The number of halogens is 1. The Balaban J connectivity index is 2.37. The molecule has 2 heterocycles. The van der Waals surface area contributed by atoms with Crippen molar-refractivity contribution in [2.45, 2.75) is 11.8 Å². The number of rotatable bonds is 1. The zero-order valence-corrected chi connectivity index (χ0v) is 8.16. The number of hydrogen-bond donors (Lipinski definition) is 0. The van der Waals surface area contributed by atoms with Gasteiger partial charge in [0.25, 0.3) is 0 Å². The fourth-order valence-corrected chi connectivity index (χ4v) is 1.54. The van der Waals surface area contributed by atoms with Crippen LogP contribution in [-0.4, -0.2) is 23.2 Å². The van der Waals surface area contributed by atoms with E-state index in [-0.39, 0.29) is 0 Å². The average Bonchev–Trinajstić information content (AvgIpc) is 2.68. The van der Waals surface area contributed by atoms with Crippen molar-refractivity contribution < 1.29 is 4.74 Å². The van der Waals surface area contributed by atoms with E-state index in [1.165, 1.54) is 12.4 Å². The molecule has 1 aliphatic heterocycles. The molecule has 0 radical (unpaired) electrons. The largest absolute Gasteiger partial charge is 0.379 e. The maximum atomic E-state index is 9.10. The van der Waals surface area contributed by atoms with Gasteiger partial charge >= 0.3 is 0 Å². The van der Waals surface area contributed by atoms with Crippen LogP contribution in [-0.2, 0) is 10.2 Å². The van der Waals surface area contributed by atoms with Crippen LogP contribution in [0.5, 0.6) is 0 Å². The second-order valence-electron chi connectivity index (χ2n) is 3.22. The summed E-state index contributed by atoms with van der Waals surface area (Å²) in [4.78, 5) is 8.12. The second kappa shape index (κ2) is 3.52. The molecule has 1 aromatic heterocycles. The lowest BCUT2D eigenvalue weighted by atomic mass is 9.88. The Morgan fingerprint density at radius 3 is 2.71 bits per heavy atom. The minimum absolute atomic E-state index is 0.366. The molecule has 1 fully saturated rings. The molecular weight excluding hydrogens is 202 g/mol. The summed E-state index contributed by atoms with van der Waals surface area (Å²) in [7, 11) is 0. The summed E-state index contributed by atoms with van der Waals surface area (Å²) >= 11 is 5.67. The van der Waals surface area contributed by atoms with Gasteiger partial charge in [-0.05, 0) is 6.42 Å². The minimum atomic E-state index is -0.676. The van der Waals surface area contributed by atoms with Gasteiger partial charge in [0.2, 0.25) is 0 Å². The lowest BCUT2D eigenvalue weighted by molar-refractivity contribution is 0.185. The predicted octanol–water partition coefficient (Wildman–Crippen LogP) is 1.31. The van der Waals surface area contributed by atoms with E-state index in [4.69, 9.17) is 21.6 Å². The number of aromatic nitrogens is 2. The van der Waals surface area contributed by atoms with Crippen LogP contribution in [0.25, 0.3) is 0 Å². The van der Waals surface area contributed by atoms with Crippen LogP contribution >= 0.6 is 11.6 Å². The average molecular weight is 210 g/mol. The third kappa shape index (κ3) is 1.45. The van der Waals surface area contributed by atoms with Crippen molar-refractivity contribution >= 4 is 11.6 Å². The highest BCUT2D eigenvalue weighted by molar-refractivity contribution is 6.30. The molecule has 0 amide bonds. The quantitative estimate of drug-likeness (QED) is 0.700. The number of nitrogens with zero attached hydrogens (tertiary/aromatic N) is 3. The Morgan fingerprint density at radius 1 is 1.50 bits per heavy atom. The number of ether oxygens (including phenoxy) is 1. The third-order valence-corrected chi connectivity index (χ3v) is 2.48. The Kier molecular flexibility index (Phi) is 2.36. The van der Waals surface area contributed by atoms with E-state index >= 15 is 0 Å². The first kappa shape index (κ1) is 9.38. The van der Waals surface area contributed by atoms with E-state index in [9.17, 15) is 0 Å². The molecule has 72 valence electrons. The van der Waals surface area contributed by atoms with E-state index in [0.29, 0.717) is 30.5 Å². The van der Waals surface area contributed by atoms with Crippen LogP contribution in [0, 0.1) is 11.3 Å². The van der Waals surface area contributed by atoms with Crippen LogP contribution in [0.3, 0.4) is 0 Å². The lowest BCUT2D eigenvalue weighted by Gasteiger charge is -2.15. The molecule has 0 bridgehead atoms. The third-order valence-electron chi connectivity index (χ3n) is 2.28. The van der Waals surface area contributed by atoms with Gasteiger partial charge in [-0.1, -0.05) is 11.6 Å². The first-order valence-electron chi connectivity index (χ1n) is 4.24. The van der Waals surface area contributed by atoms with E-state index in [2.05, 4.69) is 16.0 Å². The molecule has 1 atom stereocenters. The van der Waals surface area contributed by atoms with Gasteiger partial charge in [0, 0.05) is 19.0 Å². The Labute approximate surface area is 86.5 Å². The molecule has 1 unspecified atom stereocenters. The van der Waals surface area contributed by atoms with Crippen molar-refractivity contribution in [1.29, 1.82) is 5.26 Å². The highest BCUT2D eigenvalue weighted by Crippen LogP contribution is 2.29. The second-order valence-corrected chi connectivity index (χ2v) is 3.66. The normalized spacial score (nSPS) is 26.0. The first-order valence-corrected chi connectivity index (χ1v) is 4.62. The van der Waals surface area contributed by atoms with Crippen LogP contribution in [0.4, 0.5) is 0 Å². The molecule has 0 aromatic carbocycles. The molecule has 0 saturated carbocycles. The molecule has 0 N–H and O–H groups in total. The van der Waals surface area contributed by atoms with E-state index in [0.717, 1.165) is 0 Å². The van der Waals surface area contributed by atoms with Crippen molar-refractivity contribution in [3.63, 3.8) is 0 Å². The van der Waals surface area contributed by atoms with E-state index in [1.807, 2.05) is 0 Å². The lowest BCUT2D eigenvalue weighted by Crippen LogP contribution is -2.26. The van der Waals surface area contributed by atoms with Crippen molar-refractivity contribution in [2.24, 2.45) is 0 Å². The molecular formula is C9H8ClN3O. The standard InChI is InChI=1S/C9H8ClN3O/c10-7-3-12-8(13-4-7)9(5-11)1-2-14-6-9/h3-4H,1-2,6H2. The molecule has 1 aliphatic rings. The first-order chi connectivity index (χ1) is 6.77. The summed E-state index contributed by atoms with van der Waals surface area (Å²) in [6.45, 7) is 0.949. The summed E-state index contributed by atoms with van der Waals surface area (Å²) in [5.41, 5.74) is -0.676. The smallest absolute Gasteiger partial charge is 0.150 e. The highest BCUT2D eigenvalue weighted by atomic mass is 35.5. The molecule has 1 aromatic rings. The summed E-state index contributed by atoms with van der Waals surface area (Å²) < 4.78 is 5.20. The Bertz CT molecular complexity index is 365. The molecule has 0 spiro atoms. The topological polar surface area (TPSA) is 58.8 Å². The maximum Gasteiger partial charge on any atom is 0.150 e. The SMILES string of the molecule is N#CC1(c2ncc(Cl)cn2)CCOC1. The van der Waals surface area contributed by atoms with Gasteiger partial charge in [-0.3, -0.25) is 0 Å². The van der Waals surface area contributed by atoms with Crippen LogP contribution < -0.4 is 0 Å². The molecule has 1 saturated heterocycles.